The van der Waals surface area contributed by atoms with Gasteiger partial charge < -0.3 is 9.64 Å². The van der Waals surface area contributed by atoms with Crippen LogP contribution in [0.1, 0.15) is 17.5 Å². The number of rotatable bonds is 7. The van der Waals surface area contributed by atoms with E-state index < -0.39 is 0 Å². The van der Waals surface area contributed by atoms with Crippen LogP contribution in [0.2, 0.25) is 0 Å². The highest BCUT2D eigenvalue weighted by molar-refractivity contribution is 5.78. The lowest BCUT2D eigenvalue weighted by atomic mass is 10.1. The van der Waals surface area contributed by atoms with Crippen molar-refractivity contribution in [1.82, 2.24) is 4.90 Å². The van der Waals surface area contributed by atoms with E-state index in [-0.39, 0.29) is 5.91 Å². The van der Waals surface area contributed by atoms with Gasteiger partial charge in [-0.2, -0.15) is 5.26 Å². The highest BCUT2D eigenvalue weighted by Crippen LogP contribution is 2.07. The Morgan fingerprint density at radius 3 is 2.84 bits per heavy atom. The summed E-state index contributed by atoms with van der Waals surface area (Å²) in [5, 5.41) is 8.63. The van der Waals surface area contributed by atoms with E-state index in [1.807, 2.05) is 31.2 Å². The van der Waals surface area contributed by atoms with Crippen LogP contribution in [0.4, 0.5) is 0 Å². The van der Waals surface area contributed by atoms with E-state index >= 15 is 0 Å². The van der Waals surface area contributed by atoms with Gasteiger partial charge in [-0.05, 0) is 12.5 Å². The molecule has 0 heterocycles. The summed E-state index contributed by atoms with van der Waals surface area (Å²) in [5.41, 5.74) is 2.15. The second-order valence-electron chi connectivity index (χ2n) is 4.45. The number of carbonyl (C=O) groups is 1. The first-order valence-electron chi connectivity index (χ1n) is 6.36. The van der Waals surface area contributed by atoms with Crippen molar-refractivity contribution < 1.29 is 9.53 Å². The summed E-state index contributed by atoms with van der Waals surface area (Å²) in [6.45, 7) is 3.49. The Hall–Kier alpha value is -1.86. The summed E-state index contributed by atoms with van der Waals surface area (Å²) in [6, 6.07) is 9.98. The SMILES string of the molecule is COCCN(CCC#N)C(=O)Cc1cccc(C)c1. The molecule has 0 N–H and O–H groups in total. The largest absolute Gasteiger partial charge is 0.383 e. The Bertz CT molecular complexity index is 452. The van der Waals surface area contributed by atoms with Crippen LogP contribution in [-0.4, -0.2) is 37.6 Å². The maximum atomic E-state index is 12.2. The third-order valence-corrected chi connectivity index (χ3v) is 2.85. The summed E-state index contributed by atoms with van der Waals surface area (Å²) in [6.07, 6.45) is 0.722. The van der Waals surface area contributed by atoms with Crippen molar-refractivity contribution in [2.75, 3.05) is 26.8 Å². The number of nitriles is 1. The third-order valence-electron chi connectivity index (χ3n) is 2.85. The molecule has 0 saturated carbocycles. The molecule has 0 atom stereocenters. The molecule has 0 bridgehead atoms. The predicted octanol–water partition coefficient (Wildman–Crippen LogP) is 1.93. The molecule has 0 unspecified atom stereocenters. The highest BCUT2D eigenvalue weighted by atomic mass is 16.5. The smallest absolute Gasteiger partial charge is 0.227 e. The van der Waals surface area contributed by atoms with Gasteiger partial charge in [-0.15, -0.1) is 0 Å². The Balaban J connectivity index is 2.62. The van der Waals surface area contributed by atoms with E-state index in [9.17, 15) is 4.79 Å². The Labute approximate surface area is 114 Å². The molecular weight excluding hydrogens is 240 g/mol. The fourth-order valence-electron chi connectivity index (χ4n) is 1.86. The molecule has 102 valence electrons. The predicted molar refractivity (Wildman–Crippen MR) is 73.6 cm³/mol. The number of hydrogen-bond donors (Lipinski definition) is 0. The van der Waals surface area contributed by atoms with Crippen molar-refractivity contribution in [2.45, 2.75) is 19.8 Å². The van der Waals surface area contributed by atoms with E-state index in [0.29, 0.717) is 32.5 Å². The second kappa shape index (κ2) is 8.28. The lowest BCUT2D eigenvalue weighted by Crippen LogP contribution is -2.35. The van der Waals surface area contributed by atoms with Crippen LogP contribution in [0.25, 0.3) is 0 Å². The minimum Gasteiger partial charge on any atom is -0.383 e. The van der Waals surface area contributed by atoms with E-state index in [4.69, 9.17) is 10.00 Å². The number of carbonyl (C=O) groups excluding carboxylic acids is 1. The molecule has 1 amide bonds. The van der Waals surface area contributed by atoms with Gasteiger partial charge in [0.15, 0.2) is 0 Å². The average Bonchev–Trinajstić information content (AvgIpc) is 2.38. The van der Waals surface area contributed by atoms with Crippen LogP contribution in [0.15, 0.2) is 24.3 Å². The quantitative estimate of drug-likeness (QED) is 0.752. The van der Waals surface area contributed by atoms with E-state index in [1.54, 1.807) is 12.0 Å². The standard InChI is InChI=1S/C15H20N2O2/c1-13-5-3-6-14(11-13)12-15(18)17(8-4-7-16)9-10-19-2/h3,5-6,11H,4,8-10,12H2,1-2H3. The topological polar surface area (TPSA) is 53.3 Å². The summed E-state index contributed by atoms with van der Waals surface area (Å²) in [4.78, 5) is 13.9. The number of nitrogens with zero attached hydrogens (tertiary/aromatic N) is 2. The van der Waals surface area contributed by atoms with Gasteiger partial charge in [-0.25, -0.2) is 0 Å². The van der Waals surface area contributed by atoms with Crippen LogP contribution in [0.5, 0.6) is 0 Å². The number of ether oxygens (including phenoxy) is 1. The van der Waals surface area contributed by atoms with Crippen molar-refractivity contribution >= 4 is 5.91 Å². The van der Waals surface area contributed by atoms with E-state index in [2.05, 4.69) is 6.07 Å². The Morgan fingerprint density at radius 2 is 2.21 bits per heavy atom. The van der Waals surface area contributed by atoms with Crippen LogP contribution < -0.4 is 0 Å². The fourth-order valence-corrected chi connectivity index (χ4v) is 1.86. The molecular formula is C15H20N2O2. The molecule has 4 nitrogen and oxygen atoms in total. The lowest BCUT2D eigenvalue weighted by molar-refractivity contribution is -0.131. The summed E-state index contributed by atoms with van der Waals surface area (Å²) in [5.74, 6) is 0.0397. The zero-order valence-electron chi connectivity index (χ0n) is 11.6. The molecule has 1 aromatic rings. The molecule has 1 aromatic carbocycles. The molecule has 0 radical (unpaired) electrons. The van der Waals surface area contributed by atoms with Gasteiger partial charge in [-0.1, -0.05) is 29.8 Å². The molecule has 0 aliphatic heterocycles. The van der Waals surface area contributed by atoms with Crippen LogP contribution in [-0.2, 0) is 16.0 Å². The number of hydrogen-bond acceptors (Lipinski definition) is 3. The number of aryl methyl sites for hydroxylation is 1. The van der Waals surface area contributed by atoms with Gasteiger partial charge in [0.25, 0.3) is 0 Å². The first kappa shape index (κ1) is 15.2. The van der Waals surface area contributed by atoms with Gasteiger partial charge >= 0.3 is 0 Å². The van der Waals surface area contributed by atoms with Gasteiger partial charge in [0.1, 0.15) is 0 Å². The van der Waals surface area contributed by atoms with Crippen molar-refractivity contribution in [3.63, 3.8) is 0 Å². The maximum absolute atomic E-state index is 12.2. The van der Waals surface area contributed by atoms with Gasteiger partial charge in [-0.3, -0.25) is 4.79 Å². The zero-order valence-corrected chi connectivity index (χ0v) is 11.6. The summed E-state index contributed by atoms with van der Waals surface area (Å²) in [7, 11) is 1.60. The molecule has 0 saturated heterocycles. The first-order valence-corrected chi connectivity index (χ1v) is 6.36. The van der Waals surface area contributed by atoms with Gasteiger partial charge in [0.05, 0.1) is 25.5 Å². The second-order valence-corrected chi connectivity index (χ2v) is 4.45. The molecule has 19 heavy (non-hydrogen) atoms. The summed E-state index contributed by atoms with van der Waals surface area (Å²) >= 11 is 0. The number of amides is 1. The van der Waals surface area contributed by atoms with Crippen molar-refractivity contribution in [3.8, 4) is 6.07 Å². The highest BCUT2D eigenvalue weighted by Gasteiger charge is 2.13. The van der Waals surface area contributed by atoms with Crippen molar-refractivity contribution in [2.24, 2.45) is 0 Å². The monoisotopic (exact) mass is 260 g/mol. The number of benzene rings is 1. The normalized spacial score (nSPS) is 9.95. The molecule has 0 fully saturated rings. The van der Waals surface area contributed by atoms with E-state index in [1.165, 1.54) is 0 Å². The van der Waals surface area contributed by atoms with E-state index in [0.717, 1.165) is 11.1 Å². The van der Waals surface area contributed by atoms with Crippen LogP contribution in [0.3, 0.4) is 0 Å². The average molecular weight is 260 g/mol. The molecule has 0 aliphatic carbocycles. The minimum absolute atomic E-state index is 0.0397. The third kappa shape index (κ3) is 5.54. The zero-order chi connectivity index (χ0) is 14.1. The maximum Gasteiger partial charge on any atom is 0.227 e. The van der Waals surface area contributed by atoms with Gasteiger partial charge in [0, 0.05) is 20.2 Å². The fraction of sp³-hybridized carbons (Fsp3) is 0.467. The van der Waals surface area contributed by atoms with Crippen LogP contribution in [0, 0.1) is 18.3 Å². The summed E-state index contributed by atoms with van der Waals surface area (Å²) < 4.78 is 4.99. The minimum atomic E-state index is 0.0397. The van der Waals surface area contributed by atoms with Crippen molar-refractivity contribution in [3.05, 3.63) is 35.4 Å². The lowest BCUT2D eigenvalue weighted by Gasteiger charge is -2.21. The number of methoxy groups -OCH3 is 1. The van der Waals surface area contributed by atoms with Gasteiger partial charge in [0.2, 0.25) is 5.91 Å². The molecule has 0 spiro atoms. The van der Waals surface area contributed by atoms with Crippen molar-refractivity contribution in [1.29, 1.82) is 5.26 Å². The first-order chi connectivity index (χ1) is 9.17. The Morgan fingerprint density at radius 1 is 1.42 bits per heavy atom. The Kier molecular flexibility index (Phi) is 6.62. The molecule has 0 aliphatic rings. The van der Waals surface area contributed by atoms with Crippen LogP contribution >= 0.6 is 0 Å². The molecule has 4 heteroatoms. The molecule has 0 aromatic heterocycles. The molecule has 1 rings (SSSR count).